The smallest absolute Gasteiger partial charge is 0.328 e. The molecule has 1 N–H and O–H groups in total. The zero-order chi connectivity index (χ0) is 16.2. The van der Waals surface area contributed by atoms with Crippen molar-refractivity contribution in [1.82, 2.24) is 0 Å². The molecule has 7 heteroatoms. The van der Waals surface area contributed by atoms with E-state index in [9.17, 15) is 20.0 Å². The Labute approximate surface area is 123 Å². The van der Waals surface area contributed by atoms with Gasteiger partial charge in [-0.2, -0.15) is 0 Å². The summed E-state index contributed by atoms with van der Waals surface area (Å²) >= 11 is 0. The fourth-order valence-electron chi connectivity index (χ4n) is 1.66. The van der Waals surface area contributed by atoms with Gasteiger partial charge in [-0.25, -0.2) is 4.79 Å². The third-order valence-electron chi connectivity index (χ3n) is 3.35. The SMILES string of the molecule is CCCOc1cc(N(C)C(C)(C)C(=O)O)ccc1[N+](=O)[O-]. The first-order chi connectivity index (χ1) is 9.71. The molecule has 0 unspecified atom stereocenters. The third kappa shape index (κ3) is 3.62. The van der Waals surface area contributed by atoms with E-state index >= 15 is 0 Å². The number of carboxylic acid groups (broad SMARTS) is 1. The number of nitro benzene ring substituents is 1. The maximum absolute atomic E-state index is 11.3. The molecule has 0 spiro atoms. The van der Waals surface area contributed by atoms with Crippen LogP contribution < -0.4 is 9.64 Å². The molecule has 1 aromatic carbocycles. The number of carboxylic acids is 1. The van der Waals surface area contributed by atoms with Crippen molar-refractivity contribution in [3.8, 4) is 5.75 Å². The number of hydrogen-bond acceptors (Lipinski definition) is 5. The molecule has 0 fully saturated rings. The van der Waals surface area contributed by atoms with E-state index in [0.717, 1.165) is 6.42 Å². The summed E-state index contributed by atoms with van der Waals surface area (Å²) in [6.45, 7) is 5.37. The van der Waals surface area contributed by atoms with Crippen molar-refractivity contribution in [3.05, 3.63) is 28.3 Å². The molecule has 0 aliphatic heterocycles. The molecule has 0 amide bonds. The van der Waals surface area contributed by atoms with Gasteiger partial charge >= 0.3 is 11.7 Å². The highest BCUT2D eigenvalue weighted by atomic mass is 16.6. The van der Waals surface area contributed by atoms with Gasteiger partial charge < -0.3 is 14.7 Å². The Morgan fingerprint density at radius 3 is 2.57 bits per heavy atom. The molecule has 0 radical (unpaired) electrons. The molecule has 0 saturated heterocycles. The summed E-state index contributed by atoms with van der Waals surface area (Å²) in [6.07, 6.45) is 0.720. The van der Waals surface area contributed by atoms with Gasteiger partial charge in [-0.15, -0.1) is 0 Å². The zero-order valence-corrected chi connectivity index (χ0v) is 12.6. The molecule has 1 rings (SSSR count). The predicted octanol–water partition coefficient (Wildman–Crippen LogP) is 2.68. The number of ether oxygens (including phenoxy) is 1. The van der Waals surface area contributed by atoms with Crippen molar-refractivity contribution in [2.24, 2.45) is 0 Å². The number of anilines is 1. The third-order valence-corrected chi connectivity index (χ3v) is 3.35. The first-order valence-electron chi connectivity index (χ1n) is 6.60. The Morgan fingerprint density at radius 2 is 2.10 bits per heavy atom. The van der Waals surface area contributed by atoms with Gasteiger partial charge in [0.25, 0.3) is 0 Å². The van der Waals surface area contributed by atoms with E-state index in [-0.39, 0.29) is 11.4 Å². The van der Waals surface area contributed by atoms with Crippen molar-refractivity contribution in [3.63, 3.8) is 0 Å². The fourth-order valence-corrected chi connectivity index (χ4v) is 1.66. The second kappa shape index (κ2) is 6.43. The molecule has 0 atom stereocenters. The van der Waals surface area contributed by atoms with Crippen molar-refractivity contribution >= 4 is 17.3 Å². The molecule has 116 valence electrons. The van der Waals surface area contributed by atoms with E-state index < -0.39 is 16.4 Å². The Bertz CT molecular complexity index is 542. The summed E-state index contributed by atoms with van der Waals surface area (Å²) in [5, 5.41) is 20.2. The van der Waals surface area contributed by atoms with Crippen LogP contribution in [0.3, 0.4) is 0 Å². The lowest BCUT2D eigenvalue weighted by atomic mass is 10.0. The summed E-state index contributed by atoms with van der Waals surface area (Å²) in [6, 6.07) is 4.34. The fraction of sp³-hybridized carbons (Fsp3) is 0.500. The number of carbonyl (C=O) groups is 1. The summed E-state index contributed by atoms with van der Waals surface area (Å²) in [7, 11) is 1.62. The average Bonchev–Trinajstić information content (AvgIpc) is 2.43. The van der Waals surface area contributed by atoms with Crippen LogP contribution >= 0.6 is 0 Å². The molecule has 0 aromatic heterocycles. The molecular weight excluding hydrogens is 276 g/mol. The van der Waals surface area contributed by atoms with Crippen LogP contribution in [0.1, 0.15) is 27.2 Å². The Balaban J connectivity index is 3.21. The summed E-state index contributed by atoms with van der Waals surface area (Å²) < 4.78 is 5.40. The first kappa shape index (κ1) is 16.7. The lowest BCUT2D eigenvalue weighted by Crippen LogP contribution is -2.48. The number of likely N-dealkylation sites (N-methyl/N-ethyl adjacent to an activating group) is 1. The second-order valence-corrected chi connectivity index (χ2v) is 5.18. The van der Waals surface area contributed by atoms with Gasteiger partial charge in [0, 0.05) is 24.9 Å². The summed E-state index contributed by atoms with van der Waals surface area (Å²) in [5.41, 5.74) is -0.731. The molecular formula is C14H20N2O5. The van der Waals surface area contributed by atoms with E-state index in [1.807, 2.05) is 6.92 Å². The van der Waals surface area contributed by atoms with Gasteiger partial charge in [0.1, 0.15) is 5.54 Å². The highest BCUT2D eigenvalue weighted by Gasteiger charge is 2.33. The van der Waals surface area contributed by atoms with E-state index in [1.165, 1.54) is 23.1 Å². The number of aliphatic carboxylic acids is 1. The number of hydrogen-bond donors (Lipinski definition) is 1. The van der Waals surface area contributed by atoms with Gasteiger partial charge in [0.2, 0.25) is 0 Å². The maximum Gasteiger partial charge on any atom is 0.328 e. The highest BCUT2D eigenvalue weighted by molar-refractivity contribution is 5.82. The molecule has 0 heterocycles. The molecule has 0 aliphatic carbocycles. The monoisotopic (exact) mass is 296 g/mol. The van der Waals surface area contributed by atoms with Gasteiger partial charge in [-0.1, -0.05) is 6.92 Å². The highest BCUT2D eigenvalue weighted by Crippen LogP contribution is 2.33. The van der Waals surface area contributed by atoms with Gasteiger partial charge in [-0.3, -0.25) is 10.1 Å². The molecule has 0 aliphatic rings. The zero-order valence-electron chi connectivity index (χ0n) is 12.6. The van der Waals surface area contributed by atoms with Crippen LogP contribution in [0.2, 0.25) is 0 Å². The number of nitro groups is 1. The summed E-state index contributed by atoms with van der Waals surface area (Å²) in [4.78, 5) is 23.3. The number of rotatable bonds is 7. The maximum atomic E-state index is 11.3. The average molecular weight is 296 g/mol. The van der Waals surface area contributed by atoms with Crippen molar-refractivity contribution in [2.75, 3.05) is 18.6 Å². The van der Waals surface area contributed by atoms with Crippen LogP contribution in [-0.2, 0) is 4.79 Å². The topological polar surface area (TPSA) is 92.9 Å². The van der Waals surface area contributed by atoms with Crippen LogP contribution in [0.25, 0.3) is 0 Å². The quantitative estimate of drug-likeness (QED) is 0.614. The van der Waals surface area contributed by atoms with Crippen molar-refractivity contribution in [1.29, 1.82) is 0 Å². The first-order valence-corrected chi connectivity index (χ1v) is 6.60. The molecule has 0 saturated carbocycles. The van der Waals surface area contributed by atoms with Crippen molar-refractivity contribution in [2.45, 2.75) is 32.7 Å². The molecule has 21 heavy (non-hydrogen) atoms. The predicted molar refractivity (Wildman–Crippen MR) is 79.0 cm³/mol. The second-order valence-electron chi connectivity index (χ2n) is 5.18. The van der Waals surface area contributed by atoms with Crippen molar-refractivity contribution < 1.29 is 19.6 Å². The molecule has 1 aromatic rings. The Morgan fingerprint density at radius 1 is 1.48 bits per heavy atom. The lowest BCUT2D eigenvalue weighted by Gasteiger charge is -2.33. The summed E-state index contributed by atoms with van der Waals surface area (Å²) in [5.74, 6) is -0.841. The minimum atomic E-state index is -1.14. The van der Waals surface area contributed by atoms with Crippen LogP contribution in [0.5, 0.6) is 5.75 Å². The normalized spacial score (nSPS) is 11.0. The van der Waals surface area contributed by atoms with E-state index in [2.05, 4.69) is 0 Å². The van der Waals surface area contributed by atoms with Crippen LogP contribution in [0.15, 0.2) is 18.2 Å². The van der Waals surface area contributed by atoms with Gasteiger partial charge in [-0.05, 0) is 26.3 Å². The largest absolute Gasteiger partial charge is 0.487 e. The lowest BCUT2D eigenvalue weighted by molar-refractivity contribution is -0.385. The Hall–Kier alpha value is -2.31. The Kier molecular flexibility index (Phi) is 5.12. The van der Waals surface area contributed by atoms with Gasteiger partial charge in [0.05, 0.1) is 11.5 Å². The van der Waals surface area contributed by atoms with Gasteiger partial charge in [0.15, 0.2) is 5.75 Å². The molecule has 7 nitrogen and oxygen atoms in total. The van der Waals surface area contributed by atoms with E-state index in [0.29, 0.717) is 12.3 Å². The van der Waals surface area contributed by atoms with E-state index in [4.69, 9.17) is 4.74 Å². The van der Waals surface area contributed by atoms with Crippen LogP contribution in [0.4, 0.5) is 11.4 Å². The number of benzene rings is 1. The minimum Gasteiger partial charge on any atom is -0.487 e. The van der Waals surface area contributed by atoms with Crippen LogP contribution in [-0.4, -0.2) is 35.2 Å². The molecule has 0 bridgehead atoms. The minimum absolute atomic E-state index is 0.131. The number of nitrogens with zero attached hydrogens (tertiary/aromatic N) is 2. The van der Waals surface area contributed by atoms with E-state index in [1.54, 1.807) is 20.9 Å². The standard InChI is InChI=1S/C14H20N2O5/c1-5-8-21-12-9-10(6-7-11(12)16(19)20)15(4)14(2,3)13(17)18/h6-7,9H,5,8H2,1-4H3,(H,17,18). The van der Waals surface area contributed by atoms with Crippen LogP contribution in [0, 0.1) is 10.1 Å².